The molecule has 0 aliphatic rings. The summed E-state index contributed by atoms with van der Waals surface area (Å²) in [6.45, 7) is 3.73. The predicted octanol–water partition coefficient (Wildman–Crippen LogP) is 2.83. The zero-order chi connectivity index (χ0) is 15.4. The molecule has 2 rings (SSSR count). The number of aromatic amines is 1. The third-order valence-corrected chi connectivity index (χ3v) is 3.10. The van der Waals surface area contributed by atoms with Gasteiger partial charge in [-0.2, -0.15) is 5.10 Å². The normalized spacial score (nSPS) is 10.9. The maximum absolute atomic E-state index is 13.5. The number of nitrogens with one attached hydrogen (secondary N) is 2. The van der Waals surface area contributed by atoms with Crippen molar-refractivity contribution in [2.45, 2.75) is 13.8 Å². The largest absolute Gasteiger partial charge is 0.494 e. The maximum Gasteiger partial charge on any atom is 0.249 e. The predicted molar refractivity (Wildman–Crippen MR) is 78.7 cm³/mol. The molecule has 0 spiro atoms. The van der Waals surface area contributed by atoms with Gasteiger partial charge in [-0.25, -0.2) is 4.39 Å². The number of anilines is 1. The van der Waals surface area contributed by atoms with Crippen molar-refractivity contribution in [2.75, 3.05) is 12.4 Å². The van der Waals surface area contributed by atoms with Crippen LogP contribution in [-0.4, -0.2) is 23.2 Å². The molecule has 0 aliphatic carbocycles. The fourth-order valence-corrected chi connectivity index (χ4v) is 1.72. The smallest absolute Gasteiger partial charge is 0.249 e. The van der Waals surface area contributed by atoms with E-state index < -0.39 is 5.82 Å². The summed E-state index contributed by atoms with van der Waals surface area (Å²) in [5.74, 6) is -0.151. The van der Waals surface area contributed by atoms with Gasteiger partial charge in [0.25, 0.3) is 0 Å². The third kappa shape index (κ3) is 3.47. The number of carbonyl (C=O) groups is 1. The van der Waals surface area contributed by atoms with Crippen LogP contribution in [0.3, 0.4) is 0 Å². The van der Waals surface area contributed by atoms with E-state index in [9.17, 15) is 9.18 Å². The minimum atomic E-state index is -0.473. The van der Waals surface area contributed by atoms with Gasteiger partial charge in [-0.05, 0) is 37.6 Å². The number of aromatic nitrogens is 2. The molecule has 0 saturated carbocycles. The van der Waals surface area contributed by atoms with Gasteiger partial charge in [-0.1, -0.05) is 6.07 Å². The Labute approximate surface area is 121 Å². The third-order valence-electron chi connectivity index (χ3n) is 3.10. The van der Waals surface area contributed by atoms with Gasteiger partial charge in [0.15, 0.2) is 17.4 Å². The summed E-state index contributed by atoms with van der Waals surface area (Å²) in [6, 6.07) is 4.47. The summed E-state index contributed by atoms with van der Waals surface area (Å²) in [6.07, 6.45) is 2.84. The van der Waals surface area contributed by atoms with E-state index in [1.807, 2.05) is 13.8 Å². The van der Waals surface area contributed by atoms with Crippen LogP contribution in [0, 0.1) is 19.7 Å². The fraction of sp³-hybridized carbons (Fsp3) is 0.200. The van der Waals surface area contributed by atoms with Crippen molar-refractivity contribution < 1.29 is 13.9 Å². The SMILES string of the molecule is COc1ccc(/C=C/C(=O)Nc2n[nH]c(C)c2C)cc1F. The van der Waals surface area contributed by atoms with Gasteiger partial charge in [0, 0.05) is 17.3 Å². The van der Waals surface area contributed by atoms with E-state index >= 15 is 0 Å². The highest BCUT2D eigenvalue weighted by Gasteiger charge is 2.07. The maximum atomic E-state index is 13.5. The molecule has 1 heterocycles. The topological polar surface area (TPSA) is 67.0 Å². The van der Waals surface area contributed by atoms with E-state index in [0.717, 1.165) is 11.3 Å². The number of nitrogens with zero attached hydrogens (tertiary/aromatic N) is 1. The molecule has 1 amide bonds. The number of rotatable bonds is 4. The molecular weight excluding hydrogens is 273 g/mol. The number of carbonyl (C=O) groups excluding carboxylic acids is 1. The van der Waals surface area contributed by atoms with Gasteiger partial charge < -0.3 is 10.1 Å². The van der Waals surface area contributed by atoms with E-state index in [-0.39, 0.29) is 11.7 Å². The Balaban J connectivity index is 2.05. The molecule has 0 saturated heterocycles. The molecule has 110 valence electrons. The number of hydrogen-bond donors (Lipinski definition) is 2. The van der Waals surface area contributed by atoms with Crippen LogP contribution in [0.2, 0.25) is 0 Å². The second-order valence-corrected chi connectivity index (χ2v) is 4.54. The second-order valence-electron chi connectivity index (χ2n) is 4.54. The molecular formula is C15H16FN3O2. The summed E-state index contributed by atoms with van der Waals surface area (Å²) in [4.78, 5) is 11.8. The van der Waals surface area contributed by atoms with Crippen molar-refractivity contribution in [1.29, 1.82) is 0 Å². The second kappa shape index (κ2) is 6.21. The minimum absolute atomic E-state index is 0.166. The van der Waals surface area contributed by atoms with Gasteiger partial charge in [0.2, 0.25) is 5.91 Å². The van der Waals surface area contributed by atoms with Crippen molar-refractivity contribution in [3.63, 3.8) is 0 Å². The standard InChI is InChI=1S/C15H16FN3O2/c1-9-10(2)18-19-15(9)17-14(20)7-5-11-4-6-13(21-3)12(16)8-11/h4-8H,1-3H3,(H2,17,18,19,20)/b7-5+. The summed E-state index contributed by atoms with van der Waals surface area (Å²) in [5, 5.41) is 9.42. The number of ether oxygens (including phenoxy) is 1. The molecule has 0 fully saturated rings. The Morgan fingerprint density at radius 3 is 2.76 bits per heavy atom. The molecule has 6 heteroatoms. The first-order chi connectivity index (χ1) is 10.0. The lowest BCUT2D eigenvalue weighted by Crippen LogP contribution is -2.09. The van der Waals surface area contributed by atoms with Crippen LogP contribution in [0.1, 0.15) is 16.8 Å². The van der Waals surface area contributed by atoms with Gasteiger partial charge in [0.05, 0.1) is 7.11 Å². The Morgan fingerprint density at radius 2 is 2.19 bits per heavy atom. The lowest BCUT2D eigenvalue weighted by molar-refractivity contribution is -0.111. The van der Waals surface area contributed by atoms with Crippen LogP contribution in [0.5, 0.6) is 5.75 Å². The summed E-state index contributed by atoms with van der Waals surface area (Å²) in [5.41, 5.74) is 2.34. The summed E-state index contributed by atoms with van der Waals surface area (Å²) < 4.78 is 18.3. The minimum Gasteiger partial charge on any atom is -0.494 e. The Kier molecular flexibility index (Phi) is 4.37. The summed E-state index contributed by atoms with van der Waals surface area (Å²) in [7, 11) is 1.40. The monoisotopic (exact) mass is 289 g/mol. The molecule has 5 nitrogen and oxygen atoms in total. The number of amides is 1. The van der Waals surface area contributed by atoms with Crippen molar-refractivity contribution in [3.05, 3.63) is 46.9 Å². The molecule has 21 heavy (non-hydrogen) atoms. The Hall–Kier alpha value is -2.63. The van der Waals surface area contributed by atoms with Crippen molar-refractivity contribution in [1.82, 2.24) is 10.2 Å². The van der Waals surface area contributed by atoms with E-state index in [1.54, 1.807) is 6.07 Å². The molecule has 0 atom stereocenters. The highest BCUT2D eigenvalue weighted by Crippen LogP contribution is 2.18. The molecule has 2 N–H and O–H groups in total. The quantitative estimate of drug-likeness (QED) is 0.850. The number of benzene rings is 1. The highest BCUT2D eigenvalue weighted by molar-refractivity contribution is 6.01. The van der Waals surface area contributed by atoms with Crippen LogP contribution in [0.25, 0.3) is 6.08 Å². The van der Waals surface area contributed by atoms with E-state index in [1.165, 1.54) is 31.4 Å². The zero-order valence-corrected chi connectivity index (χ0v) is 12.0. The molecule has 1 aromatic carbocycles. The van der Waals surface area contributed by atoms with Gasteiger partial charge in [-0.3, -0.25) is 9.89 Å². The van der Waals surface area contributed by atoms with Crippen molar-refractivity contribution in [3.8, 4) is 5.75 Å². The number of halogens is 1. The van der Waals surface area contributed by atoms with Gasteiger partial charge in [-0.15, -0.1) is 0 Å². The van der Waals surface area contributed by atoms with Crippen LogP contribution < -0.4 is 10.1 Å². The van der Waals surface area contributed by atoms with Gasteiger partial charge in [0.1, 0.15) is 0 Å². The average molecular weight is 289 g/mol. The van der Waals surface area contributed by atoms with E-state index in [4.69, 9.17) is 4.74 Å². The van der Waals surface area contributed by atoms with E-state index in [0.29, 0.717) is 11.4 Å². The van der Waals surface area contributed by atoms with Crippen molar-refractivity contribution >= 4 is 17.8 Å². The average Bonchev–Trinajstić information content (AvgIpc) is 2.77. The number of methoxy groups -OCH3 is 1. The van der Waals surface area contributed by atoms with Crippen LogP contribution in [-0.2, 0) is 4.79 Å². The van der Waals surface area contributed by atoms with Crippen LogP contribution >= 0.6 is 0 Å². The first-order valence-electron chi connectivity index (χ1n) is 6.35. The molecule has 0 unspecified atom stereocenters. The molecule has 2 aromatic rings. The molecule has 1 aromatic heterocycles. The molecule has 0 radical (unpaired) electrons. The number of aryl methyl sites for hydroxylation is 1. The summed E-state index contributed by atoms with van der Waals surface area (Å²) >= 11 is 0. The van der Waals surface area contributed by atoms with Crippen molar-refractivity contribution in [2.24, 2.45) is 0 Å². The lowest BCUT2D eigenvalue weighted by atomic mass is 10.2. The number of H-pyrrole nitrogens is 1. The first-order valence-corrected chi connectivity index (χ1v) is 6.35. The Morgan fingerprint density at radius 1 is 1.43 bits per heavy atom. The number of hydrogen-bond acceptors (Lipinski definition) is 3. The zero-order valence-electron chi connectivity index (χ0n) is 12.0. The molecule has 0 aliphatic heterocycles. The molecule has 0 bridgehead atoms. The highest BCUT2D eigenvalue weighted by atomic mass is 19.1. The van der Waals surface area contributed by atoms with Crippen LogP contribution in [0.15, 0.2) is 24.3 Å². The van der Waals surface area contributed by atoms with Crippen LogP contribution in [0.4, 0.5) is 10.2 Å². The van der Waals surface area contributed by atoms with E-state index in [2.05, 4.69) is 15.5 Å². The fourth-order valence-electron chi connectivity index (χ4n) is 1.72. The lowest BCUT2D eigenvalue weighted by Gasteiger charge is -2.02. The first kappa shape index (κ1) is 14.8. The Bertz CT molecular complexity index is 692. The van der Waals surface area contributed by atoms with Gasteiger partial charge >= 0.3 is 0 Å².